The topological polar surface area (TPSA) is 178 Å². The SMILES string of the molecule is Nc1ncnc2c1ncn2[C@@H]1O[C@H](CO)[C@@H](O)[C@H](O)[C@H]1NC(=O)OCC1c2ccccc2-c2ccccc21. The molecule has 6 N–H and O–H groups in total. The van der Waals surface area contributed by atoms with Crippen LogP contribution in [0.4, 0.5) is 10.6 Å². The molecule has 1 aliphatic carbocycles. The van der Waals surface area contributed by atoms with Crippen LogP contribution in [0.5, 0.6) is 0 Å². The van der Waals surface area contributed by atoms with Gasteiger partial charge in [0.05, 0.1) is 12.9 Å². The fourth-order valence-electron chi connectivity index (χ4n) is 5.32. The van der Waals surface area contributed by atoms with Gasteiger partial charge in [-0.15, -0.1) is 0 Å². The van der Waals surface area contributed by atoms with Crippen LogP contribution in [0.2, 0.25) is 0 Å². The molecule has 0 unspecified atom stereocenters. The van der Waals surface area contributed by atoms with E-state index in [0.717, 1.165) is 22.3 Å². The maximum Gasteiger partial charge on any atom is 0.407 e. The van der Waals surface area contributed by atoms with Gasteiger partial charge in [0.25, 0.3) is 0 Å². The molecule has 12 nitrogen and oxygen atoms in total. The average Bonchev–Trinajstić information content (AvgIpc) is 3.51. The molecule has 1 amide bonds. The van der Waals surface area contributed by atoms with Gasteiger partial charge in [0.1, 0.15) is 42.8 Å². The zero-order chi connectivity index (χ0) is 26.4. The van der Waals surface area contributed by atoms with E-state index in [4.69, 9.17) is 15.2 Å². The van der Waals surface area contributed by atoms with Gasteiger partial charge >= 0.3 is 6.09 Å². The number of alkyl carbamates (subject to hydrolysis) is 1. The van der Waals surface area contributed by atoms with Crippen molar-refractivity contribution in [3.05, 3.63) is 72.3 Å². The normalized spacial score (nSPS) is 24.7. The van der Waals surface area contributed by atoms with Crippen LogP contribution in [-0.2, 0) is 9.47 Å². The Bertz CT molecular complexity index is 1450. The predicted molar refractivity (Wildman–Crippen MR) is 135 cm³/mol. The molecule has 6 rings (SSSR count). The third-order valence-electron chi connectivity index (χ3n) is 7.19. The van der Waals surface area contributed by atoms with Crippen LogP contribution in [0.25, 0.3) is 22.3 Å². The van der Waals surface area contributed by atoms with Crippen molar-refractivity contribution in [2.45, 2.75) is 36.5 Å². The van der Waals surface area contributed by atoms with Crippen LogP contribution >= 0.6 is 0 Å². The molecule has 2 aromatic carbocycles. The monoisotopic (exact) mass is 518 g/mol. The smallest absolute Gasteiger partial charge is 0.407 e. The Morgan fingerprint density at radius 3 is 2.39 bits per heavy atom. The zero-order valence-electron chi connectivity index (χ0n) is 20.1. The lowest BCUT2D eigenvalue weighted by Gasteiger charge is -2.42. The van der Waals surface area contributed by atoms with E-state index < -0.39 is 43.3 Å². The highest BCUT2D eigenvalue weighted by atomic mass is 16.6. The summed E-state index contributed by atoms with van der Waals surface area (Å²) in [4.78, 5) is 25.4. The number of amides is 1. The number of anilines is 1. The van der Waals surface area contributed by atoms with Gasteiger partial charge < -0.3 is 35.8 Å². The molecule has 4 aromatic rings. The molecule has 0 spiro atoms. The first-order chi connectivity index (χ1) is 18.5. The van der Waals surface area contributed by atoms with Crippen molar-refractivity contribution in [2.75, 3.05) is 18.9 Å². The van der Waals surface area contributed by atoms with Gasteiger partial charge in [0, 0.05) is 5.92 Å². The second kappa shape index (κ2) is 9.65. The number of carbonyl (C=O) groups excluding carboxylic acids is 1. The number of imidazole rings is 1. The summed E-state index contributed by atoms with van der Waals surface area (Å²) in [5, 5.41) is 33.8. The molecule has 0 bridgehead atoms. The molecule has 1 aliphatic heterocycles. The lowest BCUT2D eigenvalue weighted by Crippen LogP contribution is -2.62. The molecule has 2 aromatic heterocycles. The van der Waals surface area contributed by atoms with Crippen molar-refractivity contribution in [3.63, 3.8) is 0 Å². The predicted octanol–water partition coefficient (Wildman–Crippen LogP) is 0.927. The Balaban J connectivity index is 1.24. The fraction of sp³-hybridized carbons (Fsp3) is 0.308. The van der Waals surface area contributed by atoms with Crippen molar-refractivity contribution >= 4 is 23.1 Å². The van der Waals surface area contributed by atoms with Crippen LogP contribution in [0.15, 0.2) is 61.2 Å². The minimum absolute atomic E-state index is 0.0633. The summed E-state index contributed by atoms with van der Waals surface area (Å²) < 4.78 is 13.0. The third-order valence-corrected chi connectivity index (χ3v) is 7.19. The van der Waals surface area contributed by atoms with Gasteiger partial charge in [0.2, 0.25) is 0 Å². The zero-order valence-corrected chi connectivity index (χ0v) is 20.1. The van der Waals surface area contributed by atoms with Crippen LogP contribution in [0.3, 0.4) is 0 Å². The number of nitrogens with zero attached hydrogens (tertiary/aromatic N) is 4. The van der Waals surface area contributed by atoms with E-state index in [1.165, 1.54) is 17.2 Å². The molecular formula is C26H26N6O6. The summed E-state index contributed by atoms with van der Waals surface area (Å²) >= 11 is 0. The highest BCUT2D eigenvalue weighted by Crippen LogP contribution is 2.44. The first kappa shape index (κ1) is 24.2. The average molecular weight is 519 g/mol. The first-order valence-corrected chi connectivity index (χ1v) is 12.1. The molecule has 5 atom stereocenters. The number of aliphatic hydroxyl groups excluding tert-OH is 3. The van der Waals surface area contributed by atoms with Gasteiger partial charge in [-0.05, 0) is 22.3 Å². The Morgan fingerprint density at radius 2 is 1.71 bits per heavy atom. The van der Waals surface area contributed by atoms with E-state index in [1.54, 1.807) is 0 Å². The van der Waals surface area contributed by atoms with Crippen molar-refractivity contribution in [3.8, 4) is 11.1 Å². The molecule has 3 heterocycles. The van der Waals surface area contributed by atoms with E-state index >= 15 is 0 Å². The Labute approximate surface area is 216 Å². The molecule has 0 saturated carbocycles. The Morgan fingerprint density at radius 1 is 1.03 bits per heavy atom. The number of aliphatic hydroxyl groups is 3. The largest absolute Gasteiger partial charge is 0.449 e. The molecule has 1 saturated heterocycles. The van der Waals surface area contributed by atoms with Gasteiger partial charge in [-0.2, -0.15) is 0 Å². The Hall–Kier alpha value is -4.10. The minimum atomic E-state index is -1.50. The molecule has 38 heavy (non-hydrogen) atoms. The highest BCUT2D eigenvalue weighted by molar-refractivity contribution is 5.81. The molecule has 196 valence electrons. The maximum atomic E-state index is 13.0. The number of hydrogen-bond acceptors (Lipinski definition) is 10. The number of carbonyl (C=O) groups is 1. The molecular weight excluding hydrogens is 492 g/mol. The summed E-state index contributed by atoms with van der Waals surface area (Å²) in [7, 11) is 0. The first-order valence-electron chi connectivity index (χ1n) is 12.1. The lowest BCUT2D eigenvalue weighted by molar-refractivity contribution is -0.214. The van der Waals surface area contributed by atoms with Crippen LogP contribution in [0.1, 0.15) is 23.3 Å². The number of nitrogens with two attached hydrogens (primary N) is 1. The Kier molecular flexibility index (Phi) is 6.16. The van der Waals surface area contributed by atoms with E-state index in [9.17, 15) is 20.1 Å². The summed E-state index contributed by atoms with van der Waals surface area (Å²) in [6.07, 6.45) is -3.35. The number of benzene rings is 2. The summed E-state index contributed by atoms with van der Waals surface area (Å²) in [5.74, 6) is -0.0111. The maximum absolute atomic E-state index is 13.0. The lowest BCUT2D eigenvalue weighted by atomic mass is 9.96. The van der Waals surface area contributed by atoms with E-state index in [2.05, 4.69) is 20.3 Å². The number of nitrogens with one attached hydrogen (secondary N) is 1. The fourth-order valence-corrected chi connectivity index (χ4v) is 5.32. The van der Waals surface area contributed by atoms with Crippen molar-refractivity contribution in [1.29, 1.82) is 0 Å². The third kappa shape index (κ3) is 3.94. The highest BCUT2D eigenvalue weighted by Gasteiger charge is 2.46. The minimum Gasteiger partial charge on any atom is -0.449 e. The number of ether oxygens (including phenoxy) is 2. The van der Waals surface area contributed by atoms with Crippen molar-refractivity contribution in [1.82, 2.24) is 24.8 Å². The van der Waals surface area contributed by atoms with Crippen LogP contribution < -0.4 is 11.1 Å². The van der Waals surface area contributed by atoms with Gasteiger partial charge in [-0.3, -0.25) is 4.57 Å². The van der Waals surface area contributed by atoms with Crippen LogP contribution in [-0.4, -0.2) is 78.5 Å². The number of hydrogen-bond donors (Lipinski definition) is 5. The summed E-state index contributed by atoms with van der Waals surface area (Å²) in [6, 6.07) is 14.8. The number of fused-ring (bicyclic) bond motifs is 4. The summed E-state index contributed by atoms with van der Waals surface area (Å²) in [5.41, 5.74) is 10.8. The van der Waals surface area contributed by atoms with E-state index in [-0.39, 0.29) is 18.3 Å². The number of aromatic nitrogens is 4. The second-order valence-corrected chi connectivity index (χ2v) is 9.31. The van der Waals surface area contributed by atoms with Gasteiger partial charge in [-0.1, -0.05) is 48.5 Å². The van der Waals surface area contributed by atoms with Crippen LogP contribution in [0, 0.1) is 0 Å². The standard InChI is InChI=1S/C26H26N6O6/c27-23-20-24(29-11-28-23)32(12-30-20)25-19(22(35)21(34)18(9-33)38-25)31-26(36)37-10-17-15-7-3-1-5-13(15)14-6-2-4-8-16(14)17/h1-8,11-12,17-19,21-22,25,33-35H,9-10H2,(H,31,36)(H2,27,28,29)/t18-,19-,21-,22-,25-/m1/s1. The summed E-state index contributed by atoms with van der Waals surface area (Å²) in [6.45, 7) is -0.496. The molecule has 1 fully saturated rings. The van der Waals surface area contributed by atoms with Gasteiger partial charge in [0.15, 0.2) is 17.7 Å². The molecule has 0 radical (unpaired) electrons. The van der Waals surface area contributed by atoms with E-state index in [1.807, 2.05) is 48.5 Å². The second-order valence-electron chi connectivity index (χ2n) is 9.31. The molecule has 12 heteroatoms. The number of nitrogen functional groups attached to an aromatic ring is 1. The van der Waals surface area contributed by atoms with Crippen molar-refractivity contribution in [2.24, 2.45) is 0 Å². The quantitative estimate of drug-likeness (QED) is 0.255. The molecule has 2 aliphatic rings. The van der Waals surface area contributed by atoms with Gasteiger partial charge in [-0.25, -0.2) is 19.7 Å². The number of rotatable bonds is 5. The van der Waals surface area contributed by atoms with E-state index in [0.29, 0.717) is 11.2 Å². The van der Waals surface area contributed by atoms with Crippen molar-refractivity contribution < 1.29 is 29.6 Å².